The maximum atomic E-state index is 13.9. The van der Waals surface area contributed by atoms with Crippen LogP contribution in [0.3, 0.4) is 0 Å². The number of ether oxygens (including phenoxy) is 2. The third-order valence-corrected chi connectivity index (χ3v) is 7.07. The first-order valence-electron chi connectivity index (χ1n) is 12.0. The van der Waals surface area contributed by atoms with E-state index in [0.29, 0.717) is 23.9 Å². The Hall–Kier alpha value is -2.11. The van der Waals surface area contributed by atoms with E-state index < -0.39 is 11.3 Å². The van der Waals surface area contributed by atoms with Crippen LogP contribution in [0.5, 0.6) is 5.75 Å². The van der Waals surface area contributed by atoms with E-state index >= 15 is 0 Å². The van der Waals surface area contributed by atoms with Crippen molar-refractivity contribution in [3.8, 4) is 5.75 Å². The molecule has 0 bridgehead atoms. The molecule has 1 aliphatic rings. The maximum absolute atomic E-state index is 13.9. The van der Waals surface area contributed by atoms with Crippen molar-refractivity contribution in [2.45, 2.75) is 56.9 Å². The Morgan fingerprint density at radius 2 is 1.86 bits per heavy atom. The van der Waals surface area contributed by atoms with Gasteiger partial charge in [0.25, 0.3) is 0 Å². The number of rotatable bonds is 8. The molecule has 0 unspecified atom stereocenters. The van der Waals surface area contributed by atoms with Crippen molar-refractivity contribution in [2.75, 3.05) is 44.5 Å². The molecule has 1 aromatic carbocycles. The number of anilines is 2. The fraction of sp³-hybridized carbons (Fsp3) is 0.538. The van der Waals surface area contributed by atoms with Gasteiger partial charge in [-0.3, -0.25) is 4.79 Å². The van der Waals surface area contributed by atoms with Crippen LogP contribution >= 0.6 is 23.7 Å². The number of hydrogen-bond acceptors (Lipinski definition) is 8. The highest BCUT2D eigenvalue weighted by Crippen LogP contribution is 2.42. The quantitative estimate of drug-likeness (QED) is 0.194. The maximum Gasteiger partial charge on any atom is 0.314 e. The second-order valence-corrected chi connectivity index (χ2v) is 11.2. The standard InChI is InChI=1S/C22H28FN3O3S2.C4H8F2/c1-6-28-21(27)22(2,3)14-29-17-13-18-19(24-20(17)30-5)26(11-10-25(4)31-18)16-9-7-8-15(23)12-16;1-3-4(2,5)6/h7-9,12-13H,6,10-11,14H2,1-5H3;3H2,1-2H3. The lowest BCUT2D eigenvalue weighted by molar-refractivity contribution is -0.155. The lowest BCUT2D eigenvalue weighted by Crippen LogP contribution is -2.33. The van der Waals surface area contributed by atoms with Crippen LogP contribution in [0.15, 0.2) is 40.3 Å². The Morgan fingerprint density at radius 1 is 1.19 bits per heavy atom. The summed E-state index contributed by atoms with van der Waals surface area (Å²) in [5, 5.41) is 0.713. The first kappa shape index (κ1) is 31.1. The van der Waals surface area contributed by atoms with Gasteiger partial charge in [-0.25, -0.2) is 22.5 Å². The summed E-state index contributed by atoms with van der Waals surface area (Å²) in [6.07, 6.45) is 1.87. The number of halogens is 3. The molecule has 6 nitrogen and oxygen atoms in total. The highest BCUT2D eigenvalue weighted by Gasteiger charge is 2.31. The van der Waals surface area contributed by atoms with Crippen molar-refractivity contribution >= 4 is 41.2 Å². The zero-order valence-electron chi connectivity index (χ0n) is 22.4. The molecule has 0 radical (unpaired) electrons. The van der Waals surface area contributed by atoms with Crippen LogP contribution in [0.1, 0.15) is 41.0 Å². The molecule has 0 spiro atoms. The molecule has 2 heterocycles. The zero-order chi connectivity index (χ0) is 27.8. The number of esters is 1. The number of pyridine rings is 1. The largest absolute Gasteiger partial charge is 0.490 e. The number of carbonyl (C=O) groups excluding carboxylic acids is 1. The normalized spacial score (nSPS) is 14.3. The fourth-order valence-electron chi connectivity index (χ4n) is 3.06. The van der Waals surface area contributed by atoms with Crippen molar-refractivity contribution in [3.63, 3.8) is 0 Å². The second kappa shape index (κ2) is 13.6. The van der Waals surface area contributed by atoms with E-state index in [4.69, 9.17) is 14.5 Å². The molecule has 37 heavy (non-hydrogen) atoms. The molecule has 0 N–H and O–H groups in total. The topological polar surface area (TPSA) is 54.9 Å². The Morgan fingerprint density at radius 3 is 2.43 bits per heavy atom. The predicted octanol–water partition coefficient (Wildman–Crippen LogP) is 7.05. The summed E-state index contributed by atoms with van der Waals surface area (Å²) >= 11 is 3.04. The number of fused-ring (bicyclic) bond motifs is 1. The van der Waals surface area contributed by atoms with Gasteiger partial charge in [-0.15, -0.1) is 11.8 Å². The Labute approximate surface area is 226 Å². The number of alkyl halides is 2. The van der Waals surface area contributed by atoms with Gasteiger partial charge in [0.15, 0.2) is 5.75 Å². The molecule has 0 saturated heterocycles. The fourth-order valence-corrected chi connectivity index (χ4v) is 4.46. The number of hydrogen-bond donors (Lipinski definition) is 0. The van der Waals surface area contributed by atoms with Crippen LogP contribution < -0.4 is 9.64 Å². The van der Waals surface area contributed by atoms with E-state index in [0.717, 1.165) is 29.9 Å². The number of carbonyl (C=O) groups is 1. The Kier molecular flexibility index (Phi) is 11.4. The van der Waals surface area contributed by atoms with Crippen LogP contribution in [-0.4, -0.2) is 60.8 Å². The van der Waals surface area contributed by atoms with E-state index in [-0.39, 0.29) is 24.8 Å². The summed E-state index contributed by atoms with van der Waals surface area (Å²) in [5.74, 6) is -1.66. The highest BCUT2D eigenvalue weighted by molar-refractivity contribution is 7.98. The van der Waals surface area contributed by atoms with E-state index in [1.165, 1.54) is 30.8 Å². The lowest BCUT2D eigenvalue weighted by Gasteiger charge is -2.26. The van der Waals surface area contributed by atoms with Crippen LogP contribution in [0.4, 0.5) is 24.7 Å². The molecule has 0 amide bonds. The predicted molar refractivity (Wildman–Crippen MR) is 145 cm³/mol. The first-order valence-corrected chi connectivity index (χ1v) is 14.0. The molecule has 11 heteroatoms. The summed E-state index contributed by atoms with van der Waals surface area (Å²) in [7, 11) is 2.01. The third kappa shape index (κ3) is 9.30. The van der Waals surface area contributed by atoms with Crippen LogP contribution in [0.2, 0.25) is 0 Å². The summed E-state index contributed by atoms with van der Waals surface area (Å²) in [6.45, 7) is 9.71. The average molecular weight is 560 g/mol. The second-order valence-electron chi connectivity index (χ2n) is 9.21. The van der Waals surface area contributed by atoms with Crippen LogP contribution in [-0.2, 0) is 9.53 Å². The molecule has 206 valence electrons. The zero-order valence-corrected chi connectivity index (χ0v) is 24.1. The summed E-state index contributed by atoms with van der Waals surface area (Å²) in [4.78, 5) is 20.0. The lowest BCUT2D eigenvalue weighted by atomic mass is 9.95. The van der Waals surface area contributed by atoms with Crippen molar-refractivity contribution in [1.29, 1.82) is 0 Å². The van der Waals surface area contributed by atoms with E-state index in [1.54, 1.807) is 38.8 Å². The summed E-state index contributed by atoms with van der Waals surface area (Å²) < 4.78 is 50.1. The van der Waals surface area contributed by atoms with Gasteiger partial charge in [0.1, 0.15) is 23.3 Å². The van der Waals surface area contributed by atoms with Gasteiger partial charge >= 0.3 is 5.97 Å². The smallest absolute Gasteiger partial charge is 0.314 e. The third-order valence-electron chi connectivity index (χ3n) is 5.40. The van der Waals surface area contributed by atoms with Gasteiger partial charge in [0, 0.05) is 31.3 Å². The Bertz CT molecular complexity index is 1050. The molecule has 0 saturated carbocycles. The minimum atomic E-state index is -2.46. The molecule has 1 aromatic heterocycles. The molecular weight excluding hydrogens is 523 g/mol. The van der Waals surface area contributed by atoms with Gasteiger partial charge in [-0.05, 0) is 71.1 Å². The van der Waals surface area contributed by atoms with Crippen molar-refractivity contribution < 1.29 is 27.4 Å². The summed E-state index contributed by atoms with van der Waals surface area (Å²) in [6, 6.07) is 8.50. The number of likely N-dealkylation sites (N-methyl/N-ethyl adjacent to an activating group) is 1. The van der Waals surface area contributed by atoms with Gasteiger partial charge in [0.2, 0.25) is 5.92 Å². The minimum Gasteiger partial charge on any atom is -0.490 e. The van der Waals surface area contributed by atoms with Gasteiger partial charge in [-0.2, -0.15) is 0 Å². The van der Waals surface area contributed by atoms with Crippen molar-refractivity contribution in [2.24, 2.45) is 5.41 Å². The van der Waals surface area contributed by atoms with Gasteiger partial charge in [0.05, 0.1) is 16.9 Å². The number of thioether (sulfide) groups is 1. The van der Waals surface area contributed by atoms with Crippen molar-refractivity contribution in [3.05, 3.63) is 36.1 Å². The molecule has 0 atom stereocenters. The SMILES string of the molecule is CCC(C)(F)F.CCOC(=O)C(C)(C)COc1cc2c(nc1SC)N(c1cccc(F)c1)CCN(C)S2. The average Bonchev–Trinajstić information content (AvgIpc) is 2.99. The molecule has 1 aliphatic heterocycles. The molecule has 2 aromatic rings. The van der Waals surface area contributed by atoms with Crippen LogP contribution in [0, 0.1) is 11.2 Å². The Balaban J connectivity index is 0.000000717. The van der Waals surface area contributed by atoms with Gasteiger partial charge in [-0.1, -0.05) is 13.0 Å². The van der Waals surface area contributed by atoms with Crippen LogP contribution in [0.25, 0.3) is 0 Å². The van der Waals surface area contributed by atoms with Crippen molar-refractivity contribution in [1.82, 2.24) is 9.29 Å². The molecule has 0 aliphatic carbocycles. The number of aromatic nitrogens is 1. The molecule has 3 rings (SSSR count). The van der Waals surface area contributed by atoms with E-state index in [1.807, 2.05) is 30.3 Å². The monoisotopic (exact) mass is 559 g/mol. The first-order chi connectivity index (χ1) is 17.3. The van der Waals surface area contributed by atoms with E-state index in [9.17, 15) is 18.0 Å². The number of nitrogens with zero attached hydrogens (tertiary/aromatic N) is 3. The number of benzene rings is 1. The minimum absolute atomic E-state index is 0.0625. The van der Waals surface area contributed by atoms with Gasteiger partial charge < -0.3 is 14.4 Å². The molecular formula is C26H36F3N3O3S2. The molecule has 0 fully saturated rings. The highest BCUT2D eigenvalue weighted by atomic mass is 32.2. The van der Waals surface area contributed by atoms with E-state index in [2.05, 4.69) is 4.31 Å². The summed E-state index contributed by atoms with van der Waals surface area (Å²) in [5.41, 5.74) is -0.0236.